The maximum absolute atomic E-state index is 12.3. The first-order chi connectivity index (χ1) is 8.47. The fourth-order valence-corrected chi connectivity index (χ4v) is 4.64. The van der Waals surface area contributed by atoms with E-state index in [1.165, 1.54) is 6.42 Å². The van der Waals surface area contributed by atoms with Gasteiger partial charge in [0.25, 0.3) is 10.2 Å². The van der Waals surface area contributed by atoms with Gasteiger partial charge in [-0.25, -0.2) is 0 Å². The second kappa shape index (κ2) is 5.86. The summed E-state index contributed by atoms with van der Waals surface area (Å²) < 4.78 is 29.0. The molecule has 0 radical (unpaired) electrons. The van der Waals surface area contributed by atoms with E-state index in [-0.39, 0.29) is 6.04 Å². The first kappa shape index (κ1) is 14.2. The van der Waals surface area contributed by atoms with Crippen molar-refractivity contribution in [2.24, 2.45) is 11.8 Å². The second-order valence-corrected chi connectivity index (χ2v) is 7.59. The minimum atomic E-state index is -3.29. The largest absolute Gasteiger partial charge is 0.314 e. The number of rotatable bonds is 3. The molecule has 106 valence electrons. The summed E-state index contributed by atoms with van der Waals surface area (Å²) in [5, 5.41) is 3.17. The summed E-state index contributed by atoms with van der Waals surface area (Å²) in [6, 6.07) is 0.114. The van der Waals surface area contributed by atoms with Gasteiger partial charge in [0.2, 0.25) is 0 Å². The van der Waals surface area contributed by atoms with E-state index < -0.39 is 10.2 Å². The Hall–Kier alpha value is -0.170. The van der Waals surface area contributed by atoms with Gasteiger partial charge in [0.1, 0.15) is 0 Å². The molecule has 2 atom stereocenters. The van der Waals surface area contributed by atoms with Gasteiger partial charge in [-0.2, -0.15) is 17.4 Å². The molecule has 2 unspecified atom stereocenters. The van der Waals surface area contributed by atoms with Gasteiger partial charge in [-0.1, -0.05) is 13.8 Å². The fraction of sp³-hybridized carbons (Fsp3) is 1.00. The van der Waals surface area contributed by atoms with Gasteiger partial charge in [-0.3, -0.25) is 0 Å². The topological polar surface area (TPSA) is 61.4 Å². The highest BCUT2D eigenvalue weighted by atomic mass is 32.2. The zero-order valence-electron chi connectivity index (χ0n) is 11.4. The standard InChI is InChI=1S/C12H25N3O2S/c1-10-7-11(2)9-12(8-10)14-18(16,17)15-5-3-13-4-6-15/h10-14H,3-9H2,1-2H3. The Bertz CT molecular complexity index is 356. The number of nitrogens with one attached hydrogen (secondary N) is 2. The van der Waals surface area contributed by atoms with E-state index >= 15 is 0 Å². The normalized spacial score (nSPS) is 35.6. The molecule has 0 spiro atoms. The fourth-order valence-electron chi connectivity index (χ4n) is 3.21. The number of hydrogen-bond donors (Lipinski definition) is 2. The number of piperazine rings is 1. The molecule has 0 amide bonds. The monoisotopic (exact) mass is 275 g/mol. The summed E-state index contributed by atoms with van der Waals surface area (Å²) in [4.78, 5) is 0. The summed E-state index contributed by atoms with van der Waals surface area (Å²) in [6.45, 7) is 7.07. The van der Waals surface area contributed by atoms with Crippen LogP contribution in [0.5, 0.6) is 0 Å². The lowest BCUT2D eigenvalue weighted by atomic mass is 9.81. The van der Waals surface area contributed by atoms with Crippen LogP contribution in [0.3, 0.4) is 0 Å². The average molecular weight is 275 g/mol. The lowest BCUT2D eigenvalue weighted by Crippen LogP contribution is -2.53. The molecule has 0 aromatic carbocycles. The minimum absolute atomic E-state index is 0.114. The molecule has 5 nitrogen and oxygen atoms in total. The summed E-state index contributed by atoms with van der Waals surface area (Å²) in [5.41, 5.74) is 0. The molecular formula is C12H25N3O2S. The molecule has 0 aromatic rings. The van der Waals surface area contributed by atoms with Crippen molar-refractivity contribution in [3.63, 3.8) is 0 Å². The maximum atomic E-state index is 12.3. The molecule has 1 saturated heterocycles. The van der Waals surface area contributed by atoms with Crippen LogP contribution in [0, 0.1) is 11.8 Å². The summed E-state index contributed by atoms with van der Waals surface area (Å²) >= 11 is 0. The Morgan fingerprint density at radius 1 is 1.06 bits per heavy atom. The zero-order chi connectivity index (χ0) is 13.2. The van der Waals surface area contributed by atoms with Gasteiger partial charge in [-0.05, 0) is 31.1 Å². The van der Waals surface area contributed by atoms with Crippen molar-refractivity contribution in [3.8, 4) is 0 Å². The first-order valence-corrected chi connectivity index (χ1v) is 8.39. The predicted octanol–water partition coefficient (Wildman–Crippen LogP) is 0.551. The highest BCUT2D eigenvalue weighted by Gasteiger charge is 2.30. The first-order valence-electron chi connectivity index (χ1n) is 6.95. The van der Waals surface area contributed by atoms with E-state index in [0.717, 1.165) is 25.9 Å². The molecule has 0 aromatic heterocycles. The van der Waals surface area contributed by atoms with Crippen molar-refractivity contribution < 1.29 is 8.42 Å². The molecule has 2 N–H and O–H groups in total. The molecule has 2 fully saturated rings. The molecule has 18 heavy (non-hydrogen) atoms. The minimum Gasteiger partial charge on any atom is -0.314 e. The Labute approximate surface area is 110 Å². The SMILES string of the molecule is CC1CC(C)CC(NS(=O)(=O)N2CCNCC2)C1. The smallest absolute Gasteiger partial charge is 0.279 e. The van der Waals surface area contributed by atoms with Crippen molar-refractivity contribution in [2.45, 2.75) is 39.2 Å². The third kappa shape index (κ3) is 3.66. The van der Waals surface area contributed by atoms with Gasteiger partial charge in [0.05, 0.1) is 0 Å². The van der Waals surface area contributed by atoms with E-state index in [9.17, 15) is 8.42 Å². The van der Waals surface area contributed by atoms with E-state index in [4.69, 9.17) is 0 Å². The third-order valence-electron chi connectivity index (χ3n) is 3.91. The zero-order valence-corrected chi connectivity index (χ0v) is 12.2. The Balaban J connectivity index is 1.94. The molecule has 6 heteroatoms. The molecule has 1 aliphatic carbocycles. The molecule has 1 heterocycles. The van der Waals surface area contributed by atoms with E-state index in [1.54, 1.807) is 4.31 Å². The average Bonchev–Trinajstić information content (AvgIpc) is 2.28. The lowest BCUT2D eigenvalue weighted by Gasteiger charge is -2.34. The highest BCUT2D eigenvalue weighted by Crippen LogP contribution is 2.29. The van der Waals surface area contributed by atoms with Crippen molar-refractivity contribution in [2.75, 3.05) is 26.2 Å². The molecule has 1 saturated carbocycles. The van der Waals surface area contributed by atoms with E-state index in [0.29, 0.717) is 24.9 Å². The molecular weight excluding hydrogens is 250 g/mol. The number of hydrogen-bond acceptors (Lipinski definition) is 3. The van der Waals surface area contributed by atoms with Crippen LogP contribution in [-0.2, 0) is 10.2 Å². The molecule has 0 bridgehead atoms. The van der Waals surface area contributed by atoms with Crippen LogP contribution >= 0.6 is 0 Å². The Kier molecular flexibility index (Phi) is 4.64. The van der Waals surface area contributed by atoms with Crippen molar-refractivity contribution in [1.82, 2.24) is 14.3 Å². The van der Waals surface area contributed by atoms with Gasteiger partial charge in [-0.15, -0.1) is 0 Å². The van der Waals surface area contributed by atoms with Gasteiger partial charge < -0.3 is 5.32 Å². The summed E-state index contributed by atoms with van der Waals surface area (Å²) in [7, 11) is -3.29. The highest BCUT2D eigenvalue weighted by molar-refractivity contribution is 7.87. The third-order valence-corrected chi connectivity index (χ3v) is 5.59. The van der Waals surface area contributed by atoms with Crippen LogP contribution in [0.1, 0.15) is 33.1 Å². The van der Waals surface area contributed by atoms with Crippen LogP contribution < -0.4 is 10.0 Å². The van der Waals surface area contributed by atoms with E-state index in [1.807, 2.05) is 0 Å². The van der Waals surface area contributed by atoms with Crippen LogP contribution in [0.4, 0.5) is 0 Å². The van der Waals surface area contributed by atoms with Crippen LogP contribution in [-0.4, -0.2) is 44.9 Å². The lowest BCUT2D eigenvalue weighted by molar-refractivity contribution is 0.252. The molecule has 2 aliphatic rings. The number of nitrogens with zero attached hydrogens (tertiary/aromatic N) is 1. The predicted molar refractivity (Wildman–Crippen MR) is 72.5 cm³/mol. The Morgan fingerprint density at radius 3 is 2.17 bits per heavy atom. The molecule has 2 rings (SSSR count). The van der Waals surface area contributed by atoms with Gasteiger partial charge >= 0.3 is 0 Å². The molecule has 1 aliphatic heterocycles. The van der Waals surface area contributed by atoms with Crippen molar-refractivity contribution in [1.29, 1.82) is 0 Å². The quantitative estimate of drug-likeness (QED) is 0.791. The summed E-state index contributed by atoms with van der Waals surface area (Å²) in [6.07, 6.45) is 3.15. The second-order valence-electron chi connectivity index (χ2n) is 5.89. The van der Waals surface area contributed by atoms with Crippen molar-refractivity contribution in [3.05, 3.63) is 0 Å². The van der Waals surface area contributed by atoms with Crippen LogP contribution in [0.2, 0.25) is 0 Å². The van der Waals surface area contributed by atoms with Gasteiger partial charge in [0, 0.05) is 32.2 Å². The summed E-state index contributed by atoms with van der Waals surface area (Å²) in [5.74, 6) is 1.23. The van der Waals surface area contributed by atoms with Crippen LogP contribution in [0.25, 0.3) is 0 Å². The van der Waals surface area contributed by atoms with E-state index in [2.05, 4.69) is 23.9 Å². The van der Waals surface area contributed by atoms with Crippen molar-refractivity contribution >= 4 is 10.2 Å². The maximum Gasteiger partial charge on any atom is 0.279 e. The van der Waals surface area contributed by atoms with Crippen LogP contribution in [0.15, 0.2) is 0 Å². The van der Waals surface area contributed by atoms with Gasteiger partial charge in [0.15, 0.2) is 0 Å². The Morgan fingerprint density at radius 2 is 1.61 bits per heavy atom.